The smallest absolute Gasteiger partial charge is 0.249 e. The van der Waals surface area contributed by atoms with E-state index in [0.29, 0.717) is 16.7 Å². The third kappa shape index (κ3) is 4.29. The number of aryl methyl sites for hydroxylation is 2. The molecule has 8 heteroatoms. The predicted octanol–water partition coefficient (Wildman–Crippen LogP) is 3.64. The molecule has 0 aliphatic rings. The predicted molar refractivity (Wildman–Crippen MR) is 102 cm³/mol. The molecule has 3 rings (SSSR count). The Labute approximate surface area is 158 Å². The largest absolute Gasteiger partial charge is 0.368 e. The van der Waals surface area contributed by atoms with Crippen molar-refractivity contribution in [3.8, 4) is 0 Å². The van der Waals surface area contributed by atoms with Crippen molar-refractivity contribution < 1.29 is 4.57 Å². The fourth-order valence-corrected chi connectivity index (χ4v) is 2.88. The lowest BCUT2D eigenvalue weighted by Gasteiger charge is -2.22. The molecule has 136 valence electrons. The summed E-state index contributed by atoms with van der Waals surface area (Å²) in [6, 6.07) is 5.85. The van der Waals surface area contributed by atoms with E-state index in [0.717, 1.165) is 25.3 Å². The van der Waals surface area contributed by atoms with Crippen molar-refractivity contribution in [3.63, 3.8) is 0 Å². The Bertz CT molecular complexity index is 897. The van der Waals surface area contributed by atoms with E-state index in [1.165, 1.54) is 0 Å². The molecule has 0 radical (unpaired) electrons. The molecule has 1 aromatic carbocycles. The number of rotatable bonds is 7. The topological polar surface area (TPSA) is 54.6 Å². The van der Waals surface area contributed by atoms with Crippen LogP contribution in [0.1, 0.15) is 6.92 Å². The molecule has 2 heterocycles. The summed E-state index contributed by atoms with van der Waals surface area (Å²) in [4.78, 5) is 6.40. The number of imidazole rings is 2. The summed E-state index contributed by atoms with van der Waals surface area (Å²) >= 11 is 6.41. The van der Waals surface area contributed by atoms with E-state index in [-0.39, 0.29) is 0 Å². The summed E-state index contributed by atoms with van der Waals surface area (Å²) in [5, 5.41) is 8.93. The first-order valence-electron chi connectivity index (χ1n) is 8.51. The summed E-state index contributed by atoms with van der Waals surface area (Å²) in [5.41, 5.74) is 1.71. The van der Waals surface area contributed by atoms with Crippen LogP contribution in [0.4, 0.5) is 17.3 Å². The standard InChI is InChI=1S/C18H23ClN7/c1-4-26(12-11-25-10-9-23(2)14-25)15-5-6-17(16(19)13-15)21-22-18-20-7-8-24(18)3/h5-10,13-14H,4,11-12H2,1-3H3/q+1. The third-order valence-corrected chi connectivity index (χ3v) is 4.48. The maximum Gasteiger partial charge on any atom is 0.249 e. The lowest BCUT2D eigenvalue weighted by atomic mass is 10.2. The van der Waals surface area contributed by atoms with Gasteiger partial charge in [0.2, 0.25) is 12.3 Å². The van der Waals surface area contributed by atoms with Crippen LogP contribution >= 0.6 is 11.6 Å². The lowest BCUT2D eigenvalue weighted by Crippen LogP contribution is -2.28. The molecular weight excluding hydrogens is 350 g/mol. The number of likely N-dealkylation sites (N-methyl/N-ethyl adjacent to an activating group) is 1. The number of hydrogen-bond donors (Lipinski definition) is 0. The van der Waals surface area contributed by atoms with Crippen LogP contribution in [0.3, 0.4) is 0 Å². The Balaban J connectivity index is 1.70. The van der Waals surface area contributed by atoms with E-state index in [2.05, 4.69) is 44.1 Å². The second-order valence-electron chi connectivity index (χ2n) is 6.07. The van der Waals surface area contributed by atoms with Crippen LogP contribution in [0.25, 0.3) is 0 Å². The number of azo groups is 1. The van der Waals surface area contributed by atoms with Gasteiger partial charge in [0.25, 0.3) is 0 Å². The van der Waals surface area contributed by atoms with Crippen LogP contribution in [-0.4, -0.2) is 27.2 Å². The highest BCUT2D eigenvalue weighted by molar-refractivity contribution is 6.33. The van der Waals surface area contributed by atoms with Gasteiger partial charge in [-0.2, -0.15) is 0 Å². The minimum Gasteiger partial charge on any atom is -0.368 e. The van der Waals surface area contributed by atoms with Crippen molar-refractivity contribution in [2.45, 2.75) is 13.5 Å². The average molecular weight is 373 g/mol. The molecule has 0 aliphatic carbocycles. The van der Waals surface area contributed by atoms with E-state index < -0.39 is 0 Å². The van der Waals surface area contributed by atoms with Gasteiger partial charge in [0.15, 0.2) is 0 Å². The van der Waals surface area contributed by atoms with Crippen molar-refractivity contribution in [2.24, 2.45) is 24.3 Å². The molecule has 0 N–H and O–H groups in total. The molecule has 0 amide bonds. The molecule has 7 nitrogen and oxygen atoms in total. The first-order valence-corrected chi connectivity index (χ1v) is 8.89. The molecule has 0 bridgehead atoms. The van der Waals surface area contributed by atoms with Gasteiger partial charge >= 0.3 is 0 Å². The average Bonchev–Trinajstić information content (AvgIpc) is 3.23. The first-order chi connectivity index (χ1) is 12.6. The molecule has 0 unspecified atom stereocenters. The van der Waals surface area contributed by atoms with E-state index in [4.69, 9.17) is 11.6 Å². The number of anilines is 1. The van der Waals surface area contributed by atoms with E-state index in [1.54, 1.807) is 10.8 Å². The van der Waals surface area contributed by atoms with Crippen molar-refractivity contribution >= 4 is 28.9 Å². The highest BCUT2D eigenvalue weighted by atomic mass is 35.5. The highest BCUT2D eigenvalue weighted by Crippen LogP contribution is 2.30. The fraction of sp³-hybridized carbons (Fsp3) is 0.333. The van der Waals surface area contributed by atoms with Crippen molar-refractivity contribution in [1.29, 1.82) is 0 Å². The van der Waals surface area contributed by atoms with Gasteiger partial charge in [-0.05, 0) is 25.1 Å². The Kier molecular flexibility index (Phi) is 5.68. The molecule has 0 spiro atoms. The molecule has 0 aliphatic heterocycles. The van der Waals surface area contributed by atoms with Crippen LogP contribution in [0.2, 0.25) is 5.02 Å². The van der Waals surface area contributed by atoms with Crippen LogP contribution in [0, 0.1) is 0 Å². The van der Waals surface area contributed by atoms with Gasteiger partial charge in [0.05, 0.1) is 18.6 Å². The number of halogens is 1. The van der Waals surface area contributed by atoms with Gasteiger partial charge in [-0.1, -0.05) is 11.6 Å². The Morgan fingerprint density at radius 1 is 1.27 bits per heavy atom. The summed E-state index contributed by atoms with van der Waals surface area (Å²) in [5.74, 6) is 0.542. The van der Waals surface area contributed by atoms with Gasteiger partial charge in [-0.15, -0.1) is 10.2 Å². The number of benzene rings is 1. The zero-order chi connectivity index (χ0) is 18.5. The second-order valence-corrected chi connectivity index (χ2v) is 6.48. The van der Waals surface area contributed by atoms with Gasteiger partial charge in [0, 0.05) is 31.7 Å². The SMILES string of the molecule is CCN(CCn1cc[n+](C)c1)c1ccc(N=Nc2nccn2C)c(Cl)c1. The maximum absolute atomic E-state index is 6.41. The van der Waals surface area contributed by atoms with E-state index in [1.807, 2.05) is 49.3 Å². The normalized spacial score (nSPS) is 11.4. The molecule has 0 fully saturated rings. The van der Waals surface area contributed by atoms with Gasteiger partial charge < -0.3 is 9.47 Å². The molecule has 3 aromatic rings. The minimum atomic E-state index is 0.542. The van der Waals surface area contributed by atoms with Crippen LogP contribution in [-0.2, 0) is 20.6 Å². The molecule has 26 heavy (non-hydrogen) atoms. The Morgan fingerprint density at radius 3 is 2.73 bits per heavy atom. The molecular formula is C18H23ClN7+. The fourth-order valence-electron chi connectivity index (χ4n) is 2.67. The molecule has 0 atom stereocenters. The minimum absolute atomic E-state index is 0.542. The molecule has 0 saturated carbocycles. The zero-order valence-corrected chi connectivity index (χ0v) is 16.0. The third-order valence-electron chi connectivity index (χ3n) is 4.17. The molecule has 0 saturated heterocycles. The summed E-state index contributed by atoms with van der Waals surface area (Å²) < 4.78 is 6.00. The van der Waals surface area contributed by atoms with E-state index >= 15 is 0 Å². The number of hydrogen-bond acceptors (Lipinski definition) is 4. The summed E-state index contributed by atoms with van der Waals surface area (Å²) in [6.45, 7) is 4.85. The Morgan fingerprint density at radius 2 is 2.12 bits per heavy atom. The van der Waals surface area contributed by atoms with Crippen molar-refractivity contribution in [3.05, 3.63) is 54.3 Å². The Hall–Kier alpha value is -2.67. The van der Waals surface area contributed by atoms with Gasteiger partial charge in [-0.3, -0.25) is 0 Å². The van der Waals surface area contributed by atoms with Gasteiger partial charge in [-0.25, -0.2) is 14.1 Å². The number of nitrogens with zero attached hydrogens (tertiary/aromatic N) is 7. The quantitative estimate of drug-likeness (QED) is 0.469. The summed E-state index contributed by atoms with van der Waals surface area (Å²) in [7, 11) is 3.89. The highest BCUT2D eigenvalue weighted by Gasteiger charge is 2.10. The van der Waals surface area contributed by atoms with E-state index in [9.17, 15) is 0 Å². The van der Waals surface area contributed by atoms with Crippen LogP contribution in [0.5, 0.6) is 0 Å². The zero-order valence-electron chi connectivity index (χ0n) is 15.2. The second kappa shape index (κ2) is 8.14. The van der Waals surface area contributed by atoms with Crippen LogP contribution < -0.4 is 9.47 Å². The maximum atomic E-state index is 6.41. The first kappa shape index (κ1) is 18.1. The lowest BCUT2D eigenvalue weighted by molar-refractivity contribution is -0.671. The molecule has 2 aromatic heterocycles. The van der Waals surface area contributed by atoms with Gasteiger partial charge in [0.1, 0.15) is 24.6 Å². The number of aromatic nitrogens is 4. The van der Waals surface area contributed by atoms with Crippen molar-refractivity contribution in [1.82, 2.24) is 14.1 Å². The summed E-state index contributed by atoms with van der Waals surface area (Å²) in [6.07, 6.45) is 9.68. The monoisotopic (exact) mass is 372 g/mol. The van der Waals surface area contributed by atoms with Crippen LogP contribution in [0.15, 0.2) is 59.5 Å². The van der Waals surface area contributed by atoms with Crippen molar-refractivity contribution in [2.75, 3.05) is 18.0 Å².